The summed E-state index contributed by atoms with van der Waals surface area (Å²) in [6, 6.07) is 6.42. The Morgan fingerprint density at radius 2 is 2.18 bits per heavy atom. The third kappa shape index (κ3) is 2.42. The van der Waals surface area contributed by atoms with Crippen molar-refractivity contribution in [3.8, 4) is 5.75 Å². The van der Waals surface area contributed by atoms with E-state index in [4.69, 9.17) is 16.3 Å². The molecule has 17 heavy (non-hydrogen) atoms. The highest BCUT2D eigenvalue weighted by atomic mass is 35.5. The van der Waals surface area contributed by atoms with Gasteiger partial charge >= 0.3 is 0 Å². The summed E-state index contributed by atoms with van der Waals surface area (Å²) in [4.78, 5) is 19.8. The molecule has 1 aromatic carbocycles. The summed E-state index contributed by atoms with van der Waals surface area (Å²) in [5.74, 6) is 0.227. The number of rotatable bonds is 3. The van der Waals surface area contributed by atoms with Crippen molar-refractivity contribution in [2.45, 2.75) is 0 Å². The Morgan fingerprint density at radius 3 is 2.82 bits per heavy atom. The minimum atomic E-state index is -0.244. The summed E-state index contributed by atoms with van der Waals surface area (Å²) >= 11 is 5.86. The van der Waals surface area contributed by atoms with Crippen molar-refractivity contribution in [2.75, 3.05) is 7.11 Å². The van der Waals surface area contributed by atoms with E-state index in [0.717, 1.165) is 0 Å². The average molecular weight is 249 g/mol. The van der Waals surface area contributed by atoms with Crippen LogP contribution in [0.15, 0.2) is 36.8 Å². The Labute approximate surface area is 103 Å². The van der Waals surface area contributed by atoms with Gasteiger partial charge in [0.2, 0.25) is 5.78 Å². The van der Waals surface area contributed by atoms with Gasteiger partial charge in [-0.1, -0.05) is 11.6 Å². The molecule has 0 saturated heterocycles. The standard InChI is InChI=1S/C12H9ClN2O2/c1-17-11-3-2-8(13)6-9(11)12(16)10-4-5-14-7-15-10/h2-7H,1H3. The number of halogens is 1. The Morgan fingerprint density at radius 1 is 1.35 bits per heavy atom. The first-order valence-corrected chi connectivity index (χ1v) is 5.24. The molecule has 0 radical (unpaired) electrons. The van der Waals surface area contributed by atoms with E-state index in [1.165, 1.54) is 19.6 Å². The zero-order chi connectivity index (χ0) is 12.3. The van der Waals surface area contributed by atoms with E-state index in [9.17, 15) is 4.79 Å². The van der Waals surface area contributed by atoms with Gasteiger partial charge in [-0.25, -0.2) is 9.97 Å². The monoisotopic (exact) mass is 248 g/mol. The zero-order valence-electron chi connectivity index (χ0n) is 9.05. The molecule has 0 aliphatic heterocycles. The number of carbonyl (C=O) groups excluding carboxylic acids is 1. The van der Waals surface area contributed by atoms with Crippen LogP contribution in [0.4, 0.5) is 0 Å². The molecule has 0 saturated carbocycles. The lowest BCUT2D eigenvalue weighted by Crippen LogP contribution is -2.06. The van der Waals surface area contributed by atoms with E-state index < -0.39 is 0 Å². The van der Waals surface area contributed by atoms with Crippen LogP contribution in [0.1, 0.15) is 16.1 Å². The maximum Gasteiger partial charge on any atom is 0.215 e. The first-order valence-electron chi connectivity index (χ1n) is 4.86. The van der Waals surface area contributed by atoms with Crippen LogP contribution in [-0.2, 0) is 0 Å². The topological polar surface area (TPSA) is 52.1 Å². The van der Waals surface area contributed by atoms with Crippen LogP contribution in [0.25, 0.3) is 0 Å². The number of methoxy groups -OCH3 is 1. The third-order valence-corrected chi connectivity index (χ3v) is 2.46. The second kappa shape index (κ2) is 4.93. The van der Waals surface area contributed by atoms with E-state index in [1.54, 1.807) is 24.3 Å². The highest BCUT2D eigenvalue weighted by Gasteiger charge is 2.15. The average Bonchev–Trinajstić information content (AvgIpc) is 2.39. The second-order valence-electron chi connectivity index (χ2n) is 3.27. The molecule has 4 nitrogen and oxygen atoms in total. The molecule has 0 spiro atoms. The lowest BCUT2D eigenvalue weighted by Gasteiger charge is -2.07. The summed E-state index contributed by atoms with van der Waals surface area (Å²) in [5.41, 5.74) is 0.694. The van der Waals surface area contributed by atoms with Crippen molar-refractivity contribution >= 4 is 17.4 Å². The van der Waals surface area contributed by atoms with Crippen molar-refractivity contribution in [1.29, 1.82) is 0 Å². The molecular weight excluding hydrogens is 240 g/mol. The largest absolute Gasteiger partial charge is 0.496 e. The predicted molar refractivity (Wildman–Crippen MR) is 63.5 cm³/mol. The zero-order valence-corrected chi connectivity index (χ0v) is 9.81. The van der Waals surface area contributed by atoms with E-state index in [-0.39, 0.29) is 5.78 Å². The molecule has 5 heteroatoms. The number of aromatic nitrogens is 2. The molecule has 0 amide bonds. The van der Waals surface area contributed by atoms with Crippen molar-refractivity contribution < 1.29 is 9.53 Å². The Bertz CT molecular complexity index is 543. The van der Waals surface area contributed by atoms with Crippen molar-refractivity contribution in [2.24, 2.45) is 0 Å². The molecule has 0 N–H and O–H groups in total. The van der Waals surface area contributed by atoms with Gasteiger partial charge in [0.05, 0.1) is 12.7 Å². The van der Waals surface area contributed by atoms with Gasteiger partial charge in [0.15, 0.2) is 0 Å². The molecule has 2 rings (SSSR count). The van der Waals surface area contributed by atoms with Gasteiger partial charge in [0, 0.05) is 11.2 Å². The van der Waals surface area contributed by atoms with Crippen LogP contribution < -0.4 is 4.74 Å². The first-order chi connectivity index (χ1) is 8.22. The molecule has 1 heterocycles. The minimum Gasteiger partial charge on any atom is -0.496 e. The van der Waals surface area contributed by atoms with E-state index in [0.29, 0.717) is 22.0 Å². The number of ether oxygens (including phenoxy) is 1. The Hall–Kier alpha value is -1.94. The van der Waals surface area contributed by atoms with Crippen LogP contribution in [0.2, 0.25) is 5.02 Å². The fourth-order valence-corrected chi connectivity index (χ4v) is 1.59. The van der Waals surface area contributed by atoms with Gasteiger partial charge in [-0.3, -0.25) is 4.79 Å². The van der Waals surface area contributed by atoms with Crippen LogP contribution in [0, 0.1) is 0 Å². The summed E-state index contributed by atoms with van der Waals surface area (Å²) in [5, 5.41) is 0.475. The maximum absolute atomic E-state index is 12.1. The molecular formula is C12H9ClN2O2. The molecule has 0 bridgehead atoms. The molecule has 1 aromatic heterocycles. The van der Waals surface area contributed by atoms with Gasteiger partial charge < -0.3 is 4.74 Å². The fourth-order valence-electron chi connectivity index (χ4n) is 1.42. The van der Waals surface area contributed by atoms with Crippen LogP contribution in [0.5, 0.6) is 5.75 Å². The minimum absolute atomic E-state index is 0.244. The van der Waals surface area contributed by atoms with Crippen molar-refractivity contribution in [3.63, 3.8) is 0 Å². The number of hydrogen-bond donors (Lipinski definition) is 0. The Balaban J connectivity index is 2.47. The van der Waals surface area contributed by atoms with Crippen molar-refractivity contribution in [1.82, 2.24) is 9.97 Å². The van der Waals surface area contributed by atoms with Crippen LogP contribution in [-0.4, -0.2) is 22.9 Å². The predicted octanol–water partition coefficient (Wildman–Crippen LogP) is 2.37. The Kier molecular flexibility index (Phi) is 3.35. The van der Waals surface area contributed by atoms with Crippen molar-refractivity contribution in [3.05, 3.63) is 53.1 Å². The third-order valence-electron chi connectivity index (χ3n) is 2.22. The normalized spacial score (nSPS) is 10.0. The lowest BCUT2D eigenvalue weighted by atomic mass is 10.1. The van der Waals surface area contributed by atoms with Gasteiger partial charge in [0.1, 0.15) is 17.8 Å². The molecule has 0 atom stereocenters. The summed E-state index contributed by atoms with van der Waals surface area (Å²) in [6.07, 6.45) is 2.83. The maximum atomic E-state index is 12.1. The molecule has 0 aliphatic carbocycles. The smallest absolute Gasteiger partial charge is 0.215 e. The number of carbonyl (C=O) groups is 1. The summed E-state index contributed by atoms with van der Waals surface area (Å²) < 4.78 is 5.12. The number of hydrogen-bond acceptors (Lipinski definition) is 4. The fraction of sp³-hybridized carbons (Fsp3) is 0.0833. The van der Waals surface area contributed by atoms with E-state index in [2.05, 4.69) is 9.97 Å². The van der Waals surface area contributed by atoms with E-state index in [1.807, 2.05) is 0 Å². The molecule has 0 unspecified atom stereocenters. The summed E-state index contributed by atoms with van der Waals surface area (Å²) in [6.45, 7) is 0. The lowest BCUT2D eigenvalue weighted by molar-refractivity contribution is 0.103. The molecule has 86 valence electrons. The first kappa shape index (κ1) is 11.5. The number of nitrogens with zero attached hydrogens (tertiary/aromatic N) is 2. The number of ketones is 1. The molecule has 2 aromatic rings. The molecule has 0 fully saturated rings. The van der Waals surface area contributed by atoms with Crippen LogP contribution in [0.3, 0.4) is 0 Å². The van der Waals surface area contributed by atoms with E-state index >= 15 is 0 Å². The van der Waals surface area contributed by atoms with Gasteiger partial charge in [-0.15, -0.1) is 0 Å². The highest BCUT2D eigenvalue weighted by molar-refractivity contribution is 6.31. The van der Waals surface area contributed by atoms with Gasteiger partial charge in [-0.05, 0) is 24.3 Å². The summed E-state index contributed by atoms with van der Waals surface area (Å²) in [7, 11) is 1.50. The van der Waals surface area contributed by atoms with Crippen LogP contribution >= 0.6 is 11.6 Å². The highest BCUT2D eigenvalue weighted by Crippen LogP contribution is 2.24. The van der Waals surface area contributed by atoms with Gasteiger partial charge in [0.25, 0.3) is 0 Å². The van der Waals surface area contributed by atoms with Gasteiger partial charge in [-0.2, -0.15) is 0 Å². The number of benzene rings is 1. The molecule has 0 aliphatic rings. The quantitative estimate of drug-likeness (QED) is 0.783. The SMILES string of the molecule is COc1ccc(Cl)cc1C(=O)c1ccncn1. The second-order valence-corrected chi connectivity index (χ2v) is 3.70.